The molecule has 15 rings (SSSR count). The van der Waals surface area contributed by atoms with Crippen LogP contribution in [0.15, 0.2) is 225 Å². The molecule has 0 aliphatic carbocycles. The lowest BCUT2D eigenvalue weighted by atomic mass is 9.79. The minimum atomic E-state index is -0.380. The number of fused-ring (bicyclic) bond motifs is 12. The molecule has 0 amide bonds. The van der Waals surface area contributed by atoms with Crippen LogP contribution in [0.2, 0.25) is 0 Å². The Morgan fingerprint density at radius 2 is 0.921 bits per heavy atom. The number of benzene rings is 8. The molecule has 1 aliphatic heterocycles. The Balaban J connectivity index is 0.000000116. The van der Waals surface area contributed by atoms with Crippen LogP contribution in [-0.4, -0.2) is 37.4 Å². The van der Waals surface area contributed by atoms with Crippen LogP contribution in [0.4, 0.5) is 0 Å². The highest BCUT2D eigenvalue weighted by Crippen LogP contribution is 2.41. The van der Waals surface area contributed by atoms with Gasteiger partial charge in [-0.15, -0.1) is 0 Å². The second kappa shape index (κ2) is 19.2. The van der Waals surface area contributed by atoms with Crippen molar-refractivity contribution in [1.82, 2.24) is 19.1 Å². The molecule has 8 aromatic carbocycles. The minimum Gasteiger partial charge on any atom is -0.456 e. The average molecular weight is 1230 g/mol. The maximum Gasteiger partial charge on any atom is 0.494 e. The van der Waals surface area contributed by atoms with Gasteiger partial charge in [0.1, 0.15) is 22.3 Å². The third-order valence-corrected chi connectivity index (χ3v) is 16.9. The second-order valence-electron chi connectivity index (χ2n) is 20.0. The Labute approximate surface area is 468 Å². The number of aromatic nitrogens is 4. The number of para-hydroxylation sites is 2. The van der Waals surface area contributed by atoms with Crippen LogP contribution in [0.3, 0.4) is 0 Å². The third kappa shape index (κ3) is 8.42. The van der Waals surface area contributed by atoms with E-state index in [1.165, 1.54) is 47.1 Å². The first-order chi connectivity index (χ1) is 36.9. The maximum absolute atomic E-state index is 6.27. The molecule has 1 saturated heterocycles. The van der Waals surface area contributed by atoms with E-state index in [2.05, 4.69) is 235 Å². The number of hydrogen-bond donors (Lipinski definition) is 0. The van der Waals surface area contributed by atoms with Gasteiger partial charge in [-0.05, 0) is 170 Å². The van der Waals surface area contributed by atoms with E-state index in [4.69, 9.17) is 18.1 Å². The van der Waals surface area contributed by atoms with E-state index in [1.807, 2.05) is 67.1 Å². The third-order valence-electron chi connectivity index (χ3n) is 14.9. The number of nitrogens with zero attached hydrogens (tertiary/aromatic N) is 4. The Morgan fingerprint density at radius 1 is 0.434 bits per heavy atom. The molecule has 0 bridgehead atoms. The Morgan fingerprint density at radius 3 is 1.49 bits per heavy atom. The molecular formula is C64H46BBr2IN4O4. The van der Waals surface area contributed by atoms with E-state index >= 15 is 0 Å². The van der Waals surface area contributed by atoms with Crippen molar-refractivity contribution in [2.24, 2.45) is 0 Å². The van der Waals surface area contributed by atoms with Gasteiger partial charge in [0.2, 0.25) is 0 Å². The molecule has 8 nitrogen and oxygen atoms in total. The number of furan rings is 2. The molecule has 0 spiro atoms. The highest BCUT2D eigenvalue weighted by Gasteiger charge is 2.51. The quantitative estimate of drug-likeness (QED) is 0.129. The second-order valence-corrected chi connectivity index (χ2v) is 23.0. The Kier molecular flexibility index (Phi) is 12.3. The van der Waals surface area contributed by atoms with Crippen LogP contribution >= 0.6 is 54.5 Å². The molecule has 0 unspecified atom stereocenters. The topological polar surface area (TPSA) is 80.4 Å². The van der Waals surface area contributed by atoms with Gasteiger partial charge in [-0.1, -0.05) is 111 Å². The van der Waals surface area contributed by atoms with Gasteiger partial charge < -0.3 is 27.3 Å². The molecule has 0 N–H and O–H groups in total. The number of hydrogen-bond acceptors (Lipinski definition) is 6. The van der Waals surface area contributed by atoms with Gasteiger partial charge in [-0.25, -0.2) is 0 Å². The largest absolute Gasteiger partial charge is 0.494 e. The smallest absolute Gasteiger partial charge is 0.456 e. The molecule has 1 aliphatic rings. The van der Waals surface area contributed by atoms with Gasteiger partial charge in [0.05, 0.1) is 57.0 Å². The van der Waals surface area contributed by atoms with E-state index in [0.29, 0.717) is 0 Å². The Bertz CT molecular complexity index is 4530. The fourth-order valence-electron chi connectivity index (χ4n) is 10.5. The van der Waals surface area contributed by atoms with Gasteiger partial charge in [-0.3, -0.25) is 9.97 Å². The summed E-state index contributed by atoms with van der Waals surface area (Å²) >= 11 is 9.57. The summed E-state index contributed by atoms with van der Waals surface area (Å²) in [5, 5.41) is 9.46. The van der Waals surface area contributed by atoms with E-state index in [1.54, 1.807) is 6.20 Å². The molecule has 0 saturated carbocycles. The van der Waals surface area contributed by atoms with Crippen molar-refractivity contribution in [3.8, 4) is 22.5 Å². The lowest BCUT2D eigenvalue weighted by Gasteiger charge is -2.32. The fourth-order valence-corrected chi connectivity index (χ4v) is 12.1. The summed E-state index contributed by atoms with van der Waals surface area (Å²) in [5.74, 6) is 0. The molecule has 6 aromatic heterocycles. The summed E-state index contributed by atoms with van der Waals surface area (Å²) in [6.07, 6.45) is 7.42. The standard InChI is InChI=1S/C29H17BrN2O.C23H23BN2O2.C12H6BrIO/c30-24-7-3-9-28-29(24)23-15-18(11-13-27(23)33-28)19-10-12-22-21-6-1-2-8-25(21)32(26(22)16-19)20-5-4-14-31-17-20;1-22(2)23(3,4)28-24(27-22)16-11-12-19-18-9-5-6-10-20(18)26(21(19)14-16)17-8-7-13-25-15-17;13-9-2-1-3-11-12(9)8-6-7(14)4-5-10(8)15-11/h1-17H;5-15H,1-4H3;1-6H. The molecule has 12 heteroatoms. The predicted molar refractivity (Wildman–Crippen MR) is 327 cm³/mol. The molecule has 1 fully saturated rings. The van der Waals surface area contributed by atoms with Gasteiger partial charge in [0.15, 0.2) is 0 Å². The molecule has 370 valence electrons. The first kappa shape index (κ1) is 48.6. The molecular weight excluding hydrogens is 1190 g/mol. The lowest BCUT2D eigenvalue weighted by Crippen LogP contribution is -2.41. The molecule has 7 heterocycles. The number of rotatable bonds is 4. The van der Waals surface area contributed by atoms with E-state index in [9.17, 15) is 0 Å². The first-order valence-electron chi connectivity index (χ1n) is 25.0. The Hall–Kier alpha value is -7.07. The van der Waals surface area contributed by atoms with E-state index in [0.717, 1.165) is 80.9 Å². The number of halogens is 3. The van der Waals surface area contributed by atoms with Crippen molar-refractivity contribution in [2.45, 2.75) is 38.9 Å². The fraction of sp³-hybridized carbons (Fsp3) is 0.0938. The van der Waals surface area contributed by atoms with Crippen LogP contribution in [-0.2, 0) is 9.31 Å². The molecule has 76 heavy (non-hydrogen) atoms. The summed E-state index contributed by atoms with van der Waals surface area (Å²) in [5.41, 5.74) is 13.0. The zero-order valence-electron chi connectivity index (χ0n) is 41.8. The van der Waals surface area contributed by atoms with Crippen LogP contribution in [0.5, 0.6) is 0 Å². The zero-order chi connectivity index (χ0) is 51.9. The minimum absolute atomic E-state index is 0.358. The van der Waals surface area contributed by atoms with E-state index in [-0.39, 0.29) is 18.3 Å². The van der Waals surface area contributed by atoms with Crippen molar-refractivity contribution in [1.29, 1.82) is 0 Å². The zero-order valence-corrected chi connectivity index (χ0v) is 47.1. The van der Waals surface area contributed by atoms with Gasteiger partial charge >= 0.3 is 7.12 Å². The summed E-state index contributed by atoms with van der Waals surface area (Å²) in [7, 11) is -0.380. The maximum atomic E-state index is 6.27. The number of pyridine rings is 2. The van der Waals surface area contributed by atoms with Gasteiger partial charge in [-0.2, -0.15) is 0 Å². The summed E-state index contributed by atoms with van der Waals surface area (Å²) in [4.78, 5) is 8.69. The molecule has 14 aromatic rings. The summed E-state index contributed by atoms with van der Waals surface area (Å²) < 4.78 is 32.3. The predicted octanol–water partition coefficient (Wildman–Crippen LogP) is 17.9. The molecule has 0 atom stereocenters. The normalized spacial score (nSPS) is 14.1. The lowest BCUT2D eigenvalue weighted by molar-refractivity contribution is 0.00578. The van der Waals surface area contributed by atoms with Crippen molar-refractivity contribution in [3.05, 3.63) is 219 Å². The highest BCUT2D eigenvalue weighted by molar-refractivity contribution is 14.1. The highest BCUT2D eigenvalue weighted by atomic mass is 127. The summed E-state index contributed by atoms with van der Waals surface area (Å²) in [6, 6.07) is 63.1. The van der Waals surface area contributed by atoms with Gasteiger partial charge in [0.25, 0.3) is 0 Å². The van der Waals surface area contributed by atoms with Crippen LogP contribution in [0.1, 0.15) is 27.7 Å². The monoisotopic (exact) mass is 1230 g/mol. The molecule has 0 radical (unpaired) electrons. The van der Waals surface area contributed by atoms with Crippen LogP contribution < -0.4 is 5.46 Å². The van der Waals surface area contributed by atoms with Crippen molar-refractivity contribution in [2.75, 3.05) is 0 Å². The van der Waals surface area contributed by atoms with Crippen molar-refractivity contribution in [3.63, 3.8) is 0 Å². The van der Waals surface area contributed by atoms with Crippen molar-refractivity contribution >= 4 is 155 Å². The van der Waals surface area contributed by atoms with Gasteiger partial charge in [0, 0.05) is 68.0 Å². The SMILES string of the molecule is Brc1cccc2oc3ccc(-c4ccc5c6ccccc6n(-c6cccnc6)c5c4)cc3c12.Brc1cccc2oc3ccc(I)cc3c12.CC1(C)OB(c2ccc3c4ccccc4n(-c4cccnc4)c3c2)OC1(C)C. The van der Waals surface area contributed by atoms with Crippen LogP contribution in [0.25, 0.3) is 110 Å². The first-order valence-corrected chi connectivity index (χ1v) is 27.7. The van der Waals surface area contributed by atoms with Crippen LogP contribution in [0, 0.1) is 3.57 Å². The summed E-state index contributed by atoms with van der Waals surface area (Å²) in [6.45, 7) is 8.33. The van der Waals surface area contributed by atoms with Crippen molar-refractivity contribution < 1.29 is 18.1 Å². The average Bonchev–Trinajstić information content (AvgIpc) is 4.33. The van der Waals surface area contributed by atoms with E-state index < -0.39 is 0 Å².